The maximum atomic E-state index is 12.2. The van der Waals surface area contributed by atoms with Crippen molar-refractivity contribution in [3.05, 3.63) is 62.9 Å². The standard InChI is InChI=1S/C21H26N2O9/c1-12(2)30-21(26)32-19-14(4)22-13(3)18(31-20(25)29-10-6-9-24)17(19)15-7-5-8-16(11-15)23(27)28/h5,7-8,11-12,17,22,24H,6,9-10H2,1-4H3. The van der Waals surface area contributed by atoms with Gasteiger partial charge in [0.05, 0.1) is 29.0 Å². The molecule has 0 aromatic heterocycles. The van der Waals surface area contributed by atoms with Gasteiger partial charge in [0.2, 0.25) is 0 Å². The normalized spacial score (nSPS) is 15.9. The SMILES string of the molecule is CC1=C(OC(=O)OCCCO)C(c2cccc([N+](=O)[O-])c2)C(OC(=O)OC(C)C)=C(C)N1. The Labute approximate surface area is 184 Å². The third-order valence-electron chi connectivity index (χ3n) is 4.29. The maximum absolute atomic E-state index is 12.2. The lowest BCUT2D eigenvalue weighted by Gasteiger charge is -2.30. The van der Waals surface area contributed by atoms with Crippen molar-refractivity contribution < 1.29 is 38.6 Å². The number of carbonyl (C=O) groups excluding carboxylic acids is 2. The lowest BCUT2D eigenvalue weighted by molar-refractivity contribution is -0.384. The van der Waals surface area contributed by atoms with Gasteiger partial charge in [-0.25, -0.2) is 9.59 Å². The van der Waals surface area contributed by atoms with E-state index in [4.69, 9.17) is 24.1 Å². The minimum absolute atomic E-state index is 0.0393. The summed E-state index contributed by atoms with van der Waals surface area (Å²) >= 11 is 0. The van der Waals surface area contributed by atoms with E-state index >= 15 is 0 Å². The zero-order valence-corrected chi connectivity index (χ0v) is 18.2. The molecule has 11 nitrogen and oxygen atoms in total. The predicted molar refractivity (Wildman–Crippen MR) is 111 cm³/mol. The Kier molecular flexibility index (Phi) is 8.59. The van der Waals surface area contributed by atoms with Gasteiger partial charge in [-0.05, 0) is 33.3 Å². The molecule has 2 rings (SSSR count). The number of carbonyl (C=O) groups is 2. The van der Waals surface area contributed by atoms with Crippen molar-refractivity contribution in [3.63, 3.8) is 0 Å². The van der Waals surface area contributed by atoms with E-state index in [1.165, 1.54) is 18.2 Å². The fraction of sp³-hybridized carbons (Fsp3) is 0.429. The van der Waals surface area contributed by atoms with Gasteiger partial charge in [-0.15, -0.1) is 0 Å². The van der Waals surface area contributed by atoms with Crippen LogP contribution in [0.1, 0.15) is 45.6 Å². The number of aliphatic hydroxyl groups excluding tert-OH is 1. The molecule has 1 aliphatic heterocycles. The van der Waals surface area contributed by atoms with Crippen LogP contribution in [0.4, 0.5) is 15.3 Å². The quantitative estimate of drug-likeness (QED) is 0.259. The zero-order valence-electron chi connectivity index (χ0n) is 18.2. The Morgan fingerprint density at radius 2 is 1.78 bits per heavy atom. The van der Waals surface area contributed by atoms with Gasteiger partial charge < -0.3 is 29.4 Å². The van der Waals surface area contributed by atoms with Gasteiger partial charge in [0.1, 0.15) is 17.4 Å². The highest BCUT2D eigenvalue weighted by atomic mass is 16.7. The number of dihydropyridines is 1. The van der Waals surface area contributed by atoms with Crippen LogP contribution in [0.2, 0.25) is 0 Å². The molecule has 32 heavy (non-hydrogen) atoms. The second-order valence-corrected chi connectivity index (χ2v) is 7.18. The molecule has 0 spiro atoms. The summed E-state index contributed by atoms with van der Waals surface area (Å²) in [6.07, 6.45) is -2.22. The number of nitro benzene ring substituents is 1. The van der Waals surface area contributed by atoms with E-state index in [2.05, 4.69) is 5.32 Å². The highest BCUT2D eigenvalue weighted by Gasteiger charge is 2.36. The molecule has 1 aromatic rings. The fourth-order valence-electron chi connectivity index (χ4n) is 2.99. The van der Waals surface area contributed by atoms with Crippen LogP contribution in [0.25, 0.3) is 0 Å². The summed E-state index contributed by atoms with van der Waals surface area (Å²) in [6, 6.07) is 5.67. The highest BCUT2D eigenvalue weighted by Crippen LogP contribution is 2.40. The molecule has 0 amide bonds. The Balaban J connectivity index is 2.47. The van der Waals surface area contributed by atoms with Crippen molar-refractivity contribution in [1.82, 2.24) is 5.32 Å². The molecule has 0 fully saturated rings. The summed E-state index contributed by atoms with van der Waals surface area (Å²) in [6.45, 7) is 6.36. The summed E-state index contributed by atoms with van der Waals surface area (Å²) < 4.78 is 20.8. The second-order valence-electron chi connectivity index (χ2n) is 7.18. The van der Waals surface area contributed by atoms with E-state index in [0.717, 1.165) is 0 Å². The van der Waals surface area contributed by atoms with E-state index in [0.29, 0.717) is 17.0 Å². The van der Waals surface area contributed by atoms with Crippen molar-refractivity contribution in [2.45, 2.75) is 46.1 Å². The molecule has 0 radical (unpaired) electrons. The van der Waals surface area contributed by atoms with Crippen molar-refractivity contribution in [2.24, 2.45) is 0 Å². The Hall–Kier alpha value is -3.60. The fourth-order valence-corrected chi connectivity index (χ4v) is 2.99. The molecule has 2 N–H and O–H groups in total. The van der Waals surface area contributed by atoms with Gasteiger partial charge in [-0.3, -0.25) is 10.1 Å². The summed E-state index contributed by atoms with van der Waals surface area (Å²) in [5.74, 6) is -0.876. The Morgan fingerprint density at radius 1 is 1.16 bits per heavy atom. The third kappa shape index (κ3) is 6.45. The van der Waals surface area contributed by atoms with E-state index in [9.17, 15) is 19.7 Å². The molecular weight excluding hydrogens is 424 g/mol. The number of nitro groups is 1. The predicted octanol–water partition coefficient (Wildman–Crippen LogP) is 3.84. The largest absolute Gasteiger partial charge is 0.513 e. The van der Waals surface area contributed by atoms with Crippen LogP contribution in [0.5, 0.6) is 0 Å². The number of benzene rings is 1. The van der Waals surface area contributed by atoms with Crippen LogP contribution in [0, 0.1) is 10.1 Å². The molecule has 0 saturated heterocycles. The first-order valence-corrected chi connectivity index (χ1v) is 9.90. The smallest absolute Gasteiger partial charge is 0.434 e. The summed E-state index contributed by atoms with van der Waals surface area (Å²) in [7, 11) is 0. The zero-order chi connectivity index (χ0) is 23.8. The number of rotatable bonds is 8. The average molecular weight is 450 g/mol. The van der Waals surface area contributed by atoms with Gasteiger partial charge >= 0.3 is 12.3 Å². The van der Waals surface area contributed by atoms with E-state index < -0.39 is 29.3 Å². The number of nitrogens with one attached hydrogen (secondary N) is 1. The van der Waals surface area contributed by atoms with E-state index in [1.54, 1.807) is 33.8 Å². The molecule has 0 aliphatic carbocycles. The molecule has 11 heteroatoms. The van der Waals surface area contributed by atoms with Crippen molar-refractivity contribution in [3.8, 4) is 0 Å². The number of non-ortho nitro benzene ring substituents is 1. The average Bonchev–Trinajstić information content (AvgIpc) is 2.71. The lowest BCUT2D eigenvalue weighted by atomic mass is 9.90. The third-order valence-corrected chi connectivity index (χ3v) is 4.29. The van der Waals surface area contributed by atoms with Crippen LogP contribution >= 0.6 is 0 Å². The van der Waals surface area contributed by atoms with E-state index in [1.807, 2.05) is 0 Å². The van der Waals surface area contributed by atoms with Gasteiger partial charge in [0, 0.05) is 25.2 Å². The van der Waals surface area contributed by atoms with Crippen LogP contribution in [0.15, 0.2) is 47.2 Å². The highest BCUT2D eigenvalue weighted by molar-refractivity contribution is 5.65. The summed E-state index contributed by atoms with van der Waals surface area (Å²) in [5, 5.41) is 23.1. The van der Waals surface area contributed by atoms with Crippen molar-refractivity contribution in [2.75, 3.05) is 13.2 Å². The molecular formula is C21H26N2O9. The molecule has 1 unspecified atom stereocenters. The molecule has 1 heterocycles. The first-order chi connectivity index (χ1) is 15.1. The Bertz CT molecular complexity index is 937. The minimum Gasteiger partial charge on any atom is -0.434 e. The number of nitrogens with zero attached hydrogens (tertiary/aromatic N) is 1. The molecule has 1 atom stereocenters. The topological polar surface area (TPSA) is 146 Å². The van der Waals surface area contributed by atoms with Gasteiger partial charge in [0.15, 0.2) is 0 Å². The number of aliphatic hydroxyl groups is 1. The van der Waals surface area contributed by atoms with Crippen LogP contribution < -0.4 is 5.32 Å². The number of ether oxygens (including phenoxy) is 4. The molecule has 0 saturated carbocycles. The molecule has 1 aliphatic rings. The number of allylic oxidation sites excluding steroid dienone is 2. The summed E-state index contributed by atoms with van der Waals surface area (Å²) in [4.78, 5) is 35.1. The molecule has 1 aromatic carbocycles. The second kappa shape index (κ2) is 11.1. The van der Waals surface area contributed by atoms with Crippen LogP contribution in [0.3, 0.4) is 0 Å². The monoisotopic (exact) mass is 450 g/mol. The van der Waals surface area contributed by atoms with Gasteiger partial charge in [0.25, 0.3) is 5.69 Å². The minimum atomic E-state index is -1.03. The van der Waals surface area contributed by atoms with Crippen LogP contribution in [-0.4, -0.2) is 41.7 Å². The van der Waals surface area contributed by atoms with Gasteiger partial charge in [-0.1, -0.05) is 12.1 Å². The van der Waals surface area contributed by atoms with Gasteiger partial charge in [-0.2, -0.15) is 0 Å². The van der Waals surface area contributed by atoms with E-state index in [-0.39, 0.29) is 36.8 Å². The lowest BCUT2D eigenvalue weighted by Crippen LogP contribution is -2.29. The first-order valence-electron chi connectivity index (χ1n) is 9.90. The Morgan fingerprint density at radius 3 is 2.34 bits per heavy atom. The number of hydrogen-bond donors (Lipinski definition) is 2. The first kappa shape index (κ1) is 24.7. The maximum Gasteiger partial charge on any atom is 0.513 e. The van der Waals surface area contributed by atoms with Crippen molar-refractivity contribution >= 4 is 18.0 Å². The summed E-state index contributed by atoms with van der Waals surface area (Å²) in [5.41, 5.74) is 1.01. The van der Waals surface area contributed by atoms with Crippen molar-refractivity contribution in [1.29, 1.82) is 0 Å². The van der Waals surface area contributed by atoms with Crippen LogP contribution in [-0.2, 0) is 18.9 Å². The number of hydrogen-bond acceptors (Lipinski definition) is 10. The molecule has 174 valence electrons. The molecule has 0 bridgehead atoms.